The zero-order valence-electron chi connectivity index (χ0n) is 6.14. The largest absolute Gasteiger partial charge is 0.314 e. The van der Waals surface area contributed by atoms with Crippen LogP contribution in [0.3, 0.4) is 0 Å². The number of piperidine rings is 1. The lowest BCUT2D eigenvalue weighted by molar-refractivity contribution is -0.144. The van der Waals surface area contributed by atoms with Gasteiger partial charge in [-0.25, -0.2) is 0 Å². The minimum atomic E-state index is -0.242. The lowest BCUT2D eigenvalue weighted by atomic mass is 9.75. The smallest absolute Gasteiger partial charge is 0.235 e. The molecule has 0 aromatic heterocycles. The van der Waals surface area contributed by atoms with Gasteiger partial charge in [-0.15, -0.1) is 0 Å². The number of nitrogens with one attached hydrogen (secondary N) is 2. The van der Waals surface area contributed by atoms with E-state index in [9.17, 15) is 9.59 Å². The number of hydrogen-bond acceptors (Lipinski definition) is 3. The van der Waals surface area contributed by atoms with Crippen LogP contribution in [0.15, 0.2) is 0 Å². The molecule has 0 aliphatic carbocycles. The van der Waals surface area contributed by atoms with Crippen molar-refractivity contribution >= 4 is 11.8 Å². The van der Waals surface area contributed by atoms with Crippen molar-refractivity contribution in [2.75, 3.05) is 13.1 Å². The predicted octanol–water partition coefficient (Wildman–Crippen LogP) is -0.987. The van der Waals surface area contributed by atoms with Gasteiger partial charge in [0.2, 0.25) is 11.8 Å². The molecule has 4 heteroatoms. The fourth-order valence-electron chi connectivity index (χ4n) is 1.55. The summed E-state index contributed by atoms with van der Waals surface area (Å²) >= 11 is 0. The zero-order chi connectivity index (χ0) is 7.90. The van der Waals surface area contributed by atoms with E-state index in [2.05, 4.69) is 10.6 Å². The van der Waals surface area contributed by atoms with Gasteiger partial charge in [-0.3, -0.25) is 14.9 Å². The minimum absolute atomic E-state index is 0.0903. The second-order valence-corrected chi connectivity index (χ2v) is 3.26. The van der Waals surface area contributed by atoms with Crippen molar-refractivity contribution in [2.24, 2.45) is 5.41 Å². The van der Waals surface area contributed by atoms with Gasteiger partial charge in [0.1, 0.15) is 0 Å². The van der Waals surface area contributed by atoms with Crippen LogP contribution in [0.2, 0.25) is 0 Å². The molecular formula is C7H10N2O2. The number of amides is 2. The molecule has 0 aromatic rings. The van der Waals surface area contributed by atoms with Crippen LogP contribution in [0.4, 0.5) is 0 Å². The van der Waals surface area contributed by atoms with E-state index >= 15 is 0 Å². The SMILES string of the molecule is O=C1CCC2(CNC2)C(=O)N1. The third-order valence-electron chi connectivity index (χ3n) is 2.49. The summed E-state index contributed by atoms with van der Waals surface area (Å²) in [6.45, 7) is 1.46. The second kappa shape index (κ2) is 2.04. The molecule has 2 fully saturated rings. The highest BCUT2D eigenvalue weighted by atomic mass is 16.2. The topological polar surface area (TPSA) is 58.2 Å². The van der Waals surface area contributed by atoms with Crippen LogP contribution in [-0.2, 0) is 9.59 Å². The number of imide groups is 1. The minimum Gasteiger partial charge on any atom is -0.314 e. The summed E-state index contributed by atoms with van der Waals surface area (Å²) in [6, 6.07) is 0. The average molecular weight is 154 g/mol. The van der Waals surface area contributed by atoms with E-state index in [1.54, 1.807) is 0 Å². The van der Waals surface area contributed by atoms with E-state index in [1.165, 1.54) is 0 Å². The van der Waals surface area contributed by atoms with Gasteiger partial charge < -0.3 is 5.32 Å². The van der Waals surface area contributed by atoms with E-state index in [-0.39, 0.29) is 17.2 Å². The molecule has 2 aliphatic heterocycles. The number of hydrogen-bond donors (Lipinski definition) is 2. The quantitative estimate of drug-likeness (QED) is 0.440. The molecular weight excluding hydrogens is 144 g/mol. The van der Waals surface area contributed by atoms with E-state index in [4.69, 9.17) is 0 Å². The van der Waals surface area contributed by atoms with Gasteiger partial charge >= 0.3 is 0 Å². The monoisotopic (exact) mass is 154 g/mol. The highest BCUT2D eigenvalue weighted by molar-refractivity contribution is 6.01. The normalized spacial score (nSPS) is 28.0. The third-order valence-corrected chi connectivity index (χ3v) is 2.49. The summed E-state index contributed by atoms with van der Waals surface area (Å²) < 4.78 is 0. The van der Waals surface area contributed by atoms with Gasteiger partial charge in [-0.2, -0.15) is 0 Å². The number of carbonyl (C=O) groups is 2. The fourth-order valence-corrected chi connectivity index (χ4v) is 1.55. The molecule has 1 spiro atoms. The Labute approximate surface area is 64.3 Å². The highest BCUT2D eigenvalue weighted by Crippen LogP contribution is 2.31. The van der Waals surface area contributed by atoms with Crippen molar-refractivity contribution in [1.29, 1.82) is 0 Å². The molecule has 2 saturated heterocycles. The van der Waals surface area contributed by atoms with Crippen molar-refractivity contribution in [3.05, 3.63) is 0 Å². The molecule has 60 valence electrons. The molecule has 2 rings (SSSR count). The first-order valence-electron chi connectivity index (χ1n) is 3.78. The Bertz CT molecular complexity index is 220. The van der Waals surface area contributed by atoms with Crippen molar-refractivity contribution in [2.45, 2.75) is 12.8 Å². The molecule has 11 heavy (non-hydrogen) atoms. The first-order chi connectivity index (χ1) is 5.23. The van der Waals surface area contributed by atoms with Crippen molar-refractivity contribution in [1.82, 2.24) is 10.6 Å². The lowest BCUT2D eigenvalue weighted by Gasteiger charge is -2.42. The molecule has 0 unspecified atom stereocenters. The Kier molecular flexibility index (Phi) is 1.26. The molecule has 0 radical (unpaired) electrons. The number of carbonyl (C=O) groups excluding carboxylic acids is 2. The lowest BCUT2D eigenvalue weighted by Crippen LogP contribution is -2.64. The molecule has 0 saturated carbocycles. The van der Waals surface area contributed by atoms with E-state index in [0.29, 0.717) is 12.8 Å². The van der Waals surface area contributed by atoms with Gasteiger partial charge in [-0.05, 0) is 6.42 Å². The van der Waals surface area contributed by atoms with Gasteiger partial charge in [-0.1, -0.05) is 0 Å². The van der Waals surface area contributed by atoms with E-state index < -0.39 is 0 Å². The molecule has 2 amide bonds. The van der Waals surface area contributed by atoms with Gasteiger partial charge in [0.15, 0.2) is 0 Å². The van der Waals surface area contributed by atoms with Crippen LogP contribution < -0.4 is 10.6 Å². The zero-order valence-corrected chi connectivity index (χ0v) is 6.14. The summed E-state index contributed by atoms with van der Waals surface area (Å²) in [5.74, 6) is -0.222. The fraction of sp³-hybridized carbons (Fsp3) is 0.714. The summed E-state index contributed by atoms with van der Waals surface area (Å²) in [4.78, 5) is 22.0. The van der Waals surface area contributed by atoms with Gasteiger partial charge in [0.25, 0.3) is 0 Å². The Hall–Kier alpha value is -0.900. The van der Waals surface area contributed by atoms with Crippen LogP contribution in [0.1, 0.15) is 12.8 Å². The van der Waals surface area contributed by atoms with E-state index in [1.807, 2.05) is 0 Å². The van der Waals surface area contributed by atoms with Gasteiger partial charge in [0, 0.05) is 19.5 Å². The van der Waals surface area contributed by atoms with E-state index in [0.717, 1.165) is 13.1 Å². The maximum absolute atomic E-state index is 11.2. The van der Waals surface area contributed by atoms with Crippen molar-refractivity contribution in [3.63, 3.8) is 0 Å². The second-order valence-electron chi connectivity index (χ2n) is 3.26. The molecule has 2 N–H and O–H groups in total. The van der Waals surface area contributed by atoms with Crippen LogP contribution >= 0.6 is 0 Å². The Morgan fingerprint density at radius 1 is 1.27 bits per heavy atom. The van der Waals surface area contributed by atoms with Crippen LogP contribution in [-0.4, -0.2) is 24.9 Å². The summed E-state index contributed by atoms with van der Waals surface area (Å²) in [5.41, 5.74) is -0.242. The summed E-state index contributed by atoms with van der Waals surface area (Å²) in [6.07, 6.45) is 1.21. The summed E-state index contributed by atoms with van der Waals surface area (Å²) in [5, 5.41) is 5.40. The first-order valence-corrected chi connectivity index (χ1v) is 3.78. The maximum Gasteiger partial charge on any atom is 0.235 e. The van der Waals surface area contributed by atoms with Crippen LogP contribution in [0, 0.1) is 5.41 Å². The van der Waals surface area contributed by atoms with Crippen LogP contribution in [0.5, 0.6) is 0 Å². The van der Waals surface area contributed by atoms with Crippen molar-refractivity contribution in [3.8, 4) is 0 Å². The summed E-state index contributed by atoms with van der Waals surface area (Å²) in [7, 11) is 0. The molecule has 4 nitrogen and oxygen atoms in total. The molecule has 0 aromatic carbocycles. The van der Waals surface area contributed by atoms with Crippen molar-refractivity contribution < 1.29 is 9.59 Å². The first kappa shape index (κ1) is 6.79. The standard InChI is InChI=1S/C7H10N2O2/c10-5-1-2-7(3-8-4-7)6(11)9-5/h8H,1-4H2,(H,9,10,11). The number of rotatable bonds is 0. The third kappa shape index (κ3) is 0.860. The van der Waals surface area contributed by atoms with Gasteiger partial charge in [0.05, 0.1) is 5.41 Å². The predicted molar refractivity (Wildman–Crippen MR) is 37.7 cm³/mol. The molecule has 2 heterocycles. The molecule has 0 bridgehead atoms. The average Bonchev–Trinajstić information content (AvgIpc) is 1.84. The highest BCUT2D eigenvalue weighted by Gasteiger charge is 2.47. The Balaban J connectivity index is 2.13. The van der Waals surface area contributed by atoms with Crippen LogP contribution in [0.25, 0.3) is 0 Å². The maximum atomic E-state index is 11.2. The molecule has 2 aliphatic rings. The Morgan fingerprint density at radius 2 is 2.00 bits per heavy atom. The Morgan fingerprint density at radius 3 is 2.45 bits per heavy atom. The molecule has 0 atom stereocenters.